The van der Waals surface area contributed by atoms with Crippen LogP contribution < -0.4 is 10.6 Å². The Morgan fingerprint density at radius 3 is 2.88 bits per heavy atom. The monoisotopic (exact) mass is 362 g/mol. The number of nitrogens with one attached hydrogen (secondary N) is 2. The highest BCUT2D eigenvalue weighted by atomic mass is 32.1. The van der Waals surface area contributed by atoms with Gasteiger partial charge in [-0.3, -0.25) is 9.89 Å². The Kier molecular flexibility index (Phi) is 6.77. The minimum absolute atomic E-state index is 0.528. The second-order valence-electron chi connectivity index (χ2n) is 7.84. The van der Waals surface area contributed by atoms with E-state index in [9.17, 15) is 0 Å². The molecule has 1 aliphatic heterocycles. The van der Waals surface area contributed by atoms with Crippen molar-refractivity contribution in [2.75, 3.05) is 33.2 Å². The summed E-state index contributed by atoms with van der Waals surface area (Å²) in [5.41, 5.74) is 0.528. The Morgan fingerprint density at radius 1 is 1.36 bits per heavy atom. The second kappa shape index (κ2) is 9.04. The molecule has 3 rings (SSSR count). The number of hydrogen-bond donors (Lipinski definition) is 2. The SMILES string of the molecule is CCC1(CNC(=NC)NCC2CCCN(Cc3cccs3)C2)CCC1. The number of aliphatic imine (C=N–C) groups is 1. The second-order valence-corrected chi connectivity index (χ2v) is 8.87. The molecule has 1 atom stereocenters. The summed E-state index contributed by atoms with van der Waals surface area (Å²) in [5, 5.41) is 9.34. The van der Waals surface area contributed by atoms with E-state index in [1.807, 2.05) is 18.4 Å². The van der Waals surface area contributed by atoms with Crippen molar-refractivity contribution in [3.63, 3.8) is 0 Å². The van der Waals surface area contributed by atoms with Crippen LogP contribution in [0.1, 0.15) is 50.3 Å². The predicted molar refractivity (Wildman–Crippen MR) is 108 cm³/mol. The normalized spacial score (nSPS) is 23.9. The molecule has 1 saturated heterocycles. The van der Waals surface area contributed by atoms with Gasteiger partial charge in [-0.15, -0.1) is 11.3 Å². The van der Waals surface area contributed by atoms with E-state index in [1.165, 1.54) is 56.5 Å². The van der Waals surface area contributed by atoms with Crippen LogP contribution in [-0.4, -0.2) is 44.1 Å². The predicted octanol–water partition coefficient (Wildman–Crippen LogP) is 3.71. The molecule has 2 N–H and O–H groups in total. The van der Waals surface area contributed by atoms with Crippen molar-refractivity contribution in [2.24, 2.45) is 16.3 Å². The first-order chi connectivity index (χ1) is 12.2. The number of guanidine groups is 1. The number of rotatable bonds is 7. The molecule has 1 saturated carbocycles. The van der Waals surface area contributed by atoms with Crippen LogP contribution in [0.2, 0.25) is 0 Å². The van der Waals surface area contributed by atoms with Gasteiger partial charge in [0, 0.05) is 38.1 Å². The Morgan fingerprint density at radius 2 is 2.24 bits per heavy atom. The minimum Gasteiger partial charge on any atom is -0.356 e. The zero-order chi connectivity index (χ0) is 17.5. The Hall–Kier alpha value is -1.07. The standard InChI is InChI=1S/C20H34N4S/c1-3-20(9-6-10-20)16-23-19(21-2)22-13-17-7-4-11-24(14-17)15-18-8-5-12-25-18/h5,8,12,17H,3-4,6-7,9-11,13-16H2,1-2H3,(H2,21,22,23). The van der Waals surface area contributed by atoms with Crippen LogP contribution in [0.4, 0.5) is 0 Å². The van der Waals surface area contributed by atoms with Crippen LogP contribution in [0.15, 0.2) is 22.5 Å². The third kappa shape index (κ3) is 5.20. The summed E-state index contributed by atoms with van der Waals surface area (Å²) in [6.07, 6.45) is 8.04. The van der Waals surface area contributed by atoms with Crippen LogP contribution in [0, 0.1) is 11.3 Å². The molecule has 2 heterocycles. The Balaban J connectivity index is 1.40. The summed E-state index contributed by atoms with van der Waals surface area (Å²) < 4.78 is 0. The molecule has 1 aromatic rings. The number of thiophene rings is 1. The number of piperidine rings is 1. The summed E-state index contributed by atoms with van der Waals surface area (Å²) in [5.74, 6) is 1.70. The molecule has 140 valence electrons. The van der Waals surface area contributed by atoms with Gasteiger partial charge in [0.2, 0.25) is 0 Å². The average molecular weight is 363 g/mol. The van der Waals surface area contributed by atoms with Crippen LogP contribution in [0.3, 0.4) is 0 Å². The van der Waals surface area contributed by atoms with E-state index < -0.39 is 0 Å². The summed E-state index contributed by atoms with van der Waals surface area (Å²) in [6, 6.07) is 4.41. The lowest BCUT2D eigenvalue weighted by Crippen LogP contribution is -2.48. The molecule has 0 radical (unpaired) electrons. The molecule has 0 aromatic carbocycles. The highest BCUT2D eigenvalue weighted by molar-refractivity contribution is 7.09. The topological polar surface area (TPSA) is 39.7 Å². The highest BCUT2D eigenvalue weighted by Crippen LogP contribution is 2.42. The fraction of sp³-hybridized carbons (Fsp3) is 0.750. The van der Waals surface area contributed by atoms with Crippen LogP contribution in [0.5, 0.6) is 0 Å². The van der Waals surface area contributed by atoms with Gasteiger partial charge < -0.3 is 10.6 Å². The molecular formula is C20H34N4S. The lowest BCUT2D eigenvalue weighted by atomic mass is 9.67. The van der Waals surface area contributed by atoms with E-state index >= 15 is 0 Å². The molecule has 1 aromatic heterocycles. The van der Waals surface area contributed by atoms with Gasteiger partial charge in [0.05, 0.1) is 0 Å². The first-order valence-corrected chi connectivity index (χ1v) is 10.8. The van der Waals surface area contributed by atoms with Crippen molar-refractivity contribution in [1.82, 2.24) is 15.5 Å². The quantitative estimate of drug-likeness (QED) is 0.574. The van der Waals surface area contributed by atoms with Crippen molar-refractivity contribution >= 4 is 17.3 Å². The van der Waals surface area contributed by atoms with E-state index in [0.717, 1.165) is 31.5 Å². The first-order valence-electron chi connectivity index (χ1n) is 9.92. The average Bonchev–Trinajstić information content (AvgIpc) is 3.10. The molecule has 2 aliphatic rings. The van der Waals surface area contributed by atoms with Gasteiger partial charge in [0.15, 0.2) is 5.96 Å². The van der Waals surface area contributed by atoms with Crippen molar-refractivity contribution in [1.29, 1.82) is 0 Å². The largest absolute Gasteiger partial charge is 0.356 e. The molecule has 2 fully saturated rings. The summed E-state index contributed by atoms with van der Waals surface area (Å²) in [6.45, 7) is 7.96. The Labute approximate surface area is 157 Å². The molecule has 1 unspecified atom stereocenters. The molecular weight excluding hydrogens is 328 g/mol. The molecule has 0 amide bonds. The fourth-order valence-corrected chi connectivity index (χ4v) is 4.90. The van der Waals surface area contributed by atoms with Gasteiger partial charge in [-0.1, -0.05) is 19.4 Å². The van der Waals surface area contributed by atoms with Gasteiger partial charge in [0.1, 0.15) is 0 Å². The number of nitrogens with zero attached hydrogens (tertiary/aromatic N) is 2. The van der Waals surface area contributed by atoms with Crippen molar-refractivity contribution in [3.8, 4) is 0 Å². The van der Waals surface area contributed by atoms with E-state index in [4.69, 9.17) is 0 Å². The maximum Gasteiger partial charge on any atom is 0.191 e. The van der Waals surface area contributed by atoms with Gasteiger partial charge in [-0.2, -0.15) is 0 Å². The fourth-order valence-electron chi connectivity index (χ4n) is 4.15. The summed E-state index contributed by atoms with van der Waals surface area (Å²) in [4.78, 5) is 8.52. The van der Waals surface area contributed by atoms with E-state index in [2.05, 4.69) is 45.0 Å². The molecule has 5 heteroatoms. The van der Waals surface area contributed by atoms with Gasteiger partial charge in [-0.05, 0) is 61.4 Å². The zero-order valence-electron chi connectivity index (χ0n) is 15.9. The van der Waals surface area contributed by atoms with Crippen molar-refractivity contribution in [3.05, 3.63) is 22.4 Å². The maximum absolute atomic E-state index is 4.43. The third-order valence-corrected chi connectivity index (χ3v) is 7.00. The minimum atomic E-state index is 0.528. The maximum atomic E-state index is 4.43. The lowest BCUT2D eigenvalue weighted by molar-refractivity contribution is 0.131. The number of hydrogen-bond acceptors (Lipinski definition) is 3. The first kappa shape index (κ1) is 18.7. The van der Waals surface area contributed by atoms with Crippen LogP contribution >= 0.6 is 11.3 Å². The van der Waals surface area contributed by atoms with Crippen LogP contribution in [0.25, 0.3) is 0 Å². The highest BCUT2D eigenvalue weighted by Gasteiger charge is 2.34. The molecule has 1 aliphatic carbocycles. The van der Waals surface area contributed by atoms with Gasteiger partial charge in [-0.25, -0.2) is 0 Å². The number of likely N-dealkylation sites (tertiary alicyclic amines) is 1. The van der Waals surface area contributed by atoms with E-state index in [0.29, 0.717) is 5.41 Å². The van der Waals surface area contributed by atoms with Crippen molar-refractivity contribution in [2.45, 2.75) is 52.0 Å². The van der Waals surface area contributed by atoms with Gasteiger partial charge in [0.25, 0.3) is 0 Å². The van der Waals surface area contributed by atoms with Crippen LogP contribution in [-0.2, 0) is 6.54 Å². The van der Waals surface area contributed by atoms with E-state index in [-0.39, 0.29) is 0 Å². The van der Waals surface area contributed by atoms with E-state index in [1.54, 1.807) is 0 Å². The Bertz CT molecular complexity index is 530. The summed E-state index contributed by atoms with van der Waals surface area (Å²) >= 11 is 1.87. The lowest BCUT2D eigenvalue weighted by Gasteiger charge is -2.41. The molecule has 0 bridgehead atoms. The van der Waals surface area contributed by atoms with Crippen molar-refractivity contribution < 1.29 is 0 Å². The smallest absolute Gasteiger partial charge is 0.191 e. The zero-order valence-corrected chi connectivity index (χ0v) is 16.7. The summed E-state index contributed by atoms with van der Waals surface area (Å²) in [7, 11) is 1.89. The van der Waals surface area contributed by atoms with Gasteiger partial charge >= 0.3 is 0 Å². The molecule has 0 spiro atoms. The molecule has 4 nitrogen and oxygen atoms in total. The third-order valence-electron chi connectivity index (χ3n) is 6.14. The molecule has 25 heavy (non-hydrogen) atoms.